The van der Waals surface area contributed by atoms with Crippen LogP contribution in [0.5, 0.6) is 5.75 Å². The molecule has 2 N–H and O–H groups in total. The van der Waals surface area contributed by atoms with Crippen molar-refractivity contribution < 1.29 is 18.3 Å². The average molecular weight is 420 g/mol. The number of nitrogens with one attached hydrogen (secondary N) is 2. The van der Waals surface area contributed by atoms with E-state index in [1.165, 1.54) is 13.2 Å². The standard InChI is InChI=1S/C23H18F2N4O2/c1-31-22-16(23(30)27-13-15-4-2-3-11-26-15)7-10-20-21(22)19(28-29-20)9-6-14-5-8-17(24)18(25)12-14/h2-12H,13H2,1H3,(H,27,30)(H,28,29). The van der Waals surface area contributed by atoms with E-state index in [1.807, 2.05) is 12.1 Å². The van der Waals surface area contributed by atoms with E-state index in [9.17, 15) is 13.6 Å². The molecule has 4 aromatic rings. The van der Waals surface area contributed by atoms with Gasteiger partial charge in [-0.15, -0.1) is 0 Å². The first-order valence-corrected chi connectivity index (χ1v) is 9.43. The van der Waals surface area contributed by atoms with Crippen molar-refractivity contribution in [2.45, 2.75) is 6.54 Å². The molecule has 31 heavy (non-hydrogen) atoms. The first-order valence-electron chi connectivity index (χ1n) is 9.43. The quantitative estimate of drug-likeness (QED) is 0.486. The summed E-state index contributed by atoms with van der Waals surface area (Å²) in [6.07, 6.45) is 4.90. The minimum Gasteiger partial charge on any atom is -0.495 e. The lowest BCUT2D eigenvalue weighted by Crippen LogP contribution is -2.23. The second-order valence-corrected chi connectivity index (χ2v) is 6.69. The summed E-state index contributed by atoms with van der Waals surface area (Å²) in [7, 11) is 1.47. The van der Waals surface area contributed by atoms with Crippen molar-refractivity contribution in [2.75, 3.05) is 7.11 Å². The van der Waals surface area contributed by atoms with E-state index in [2.05, 4.69) is 20.5 Å². The Bertz CT molecular complexity index is 1270. The molecule has 0 spiro atoms. The molecule has 0 aliphatic heterocycles. The van der Waals surface area contributed by atoms with Crippen molar-refractivity contribution in [1.82, 2.24) is 20.5 Å². The highest BCUT2D eigenvalue weighted by atomic mass is 19.2. The Morgan fingerprint density at radius 3 is 2.74 bits per heavy atom. The molecule has 2 heterocycles. The molecule has 0 saturated heterocycles. The van der Waals surface area contributed by atoms with Gasteiger partial charge in [0.2, 0.25) is 0 Å². The molecule has 6 nitrogen and oxygen atoms in total. The maximum Gasteiger partial charge on any atom is 0.255 e. The van der Waals surface area contributed by atoms with Crippen LogP contribution in [-0.2, 0) is 6.54 Å². The number of H-pyrrole nitrogens is 1. The summed E-state index contributed by atoms with van der Waals surface area (Å²) in [5, 5.41) is 10.6. The van der Waals surface area contributed by atoms with Crippen LogP contribution in [0.15, 0.2) is 54.7 Å². The topological polar surface area (TPSA) is 79.9 Å². The van der Waals surface area contributed by atoms with Crippen molar-refractivity contribution in [3.05, 3.63) is 88.9 Å². The summed E-state index contributed by atoms with van der Waals surface area (Å²) < 4.78 is 32.1. The van der Waals surface area contributed by atoms with Crippen molar-refractivity contribution in [1.29, 1.82) is 0 Å². The lowest BCUT2D eigenvalue weighted by Gasteiger charge is -2.10. The molecule has 2 aromatic carbocycles. The summed E-state index contributed by atoms with van der Waals surface area (Å²) in [4.78, 5) is 17.0. The zero-order chi connectivity index (χ0) is 21.8. The lowest BCUT2D eigenvalue weighted by atomic mass is 10.1. The van der Waals surface area contributed by atoms with Crippen LogP contribution >= 0.6 is 0 Å². The molecule has 0 bridgehead atoms. The SMILES string of the molecule is COc1c(C(=O)NCc2ccccn2)ccc2[nH]nc(C=Cc3ccc(F)c(F)c3)c12. The number of methoxy groups -OCH3 is 1. The zero-order valence-electron chi connectivity index (χ0n) is 16.5. The monoisotopic (exact) mass is 420 g/mol. The molecule has 0 aliphatic rings. The first-order chi connectivity index (χ1) is 15.1. The van der Waals surface area contributed by atoms with Gasteiger partial charge in [-0.1, -0.05) is 18.2 Å². The average Bonchev–Trinajstić information content (AvgIpc) is 3.21. The number of hydrogen-bond acceptors (Lipinski definition) is 4. The highest BCUT2D eigenvalue weighted by Crippen LogP contribution is 2.32. The molecule has 8 heteroatoms. The number of fused-ring (bicyclic) bond motifs is 1. The Kier molecular flexibility index (Phi) is 5.70. The van der Waals surface area contributed by atoms with Crippen LogP contribution in [-0.4, -0.2) is 28.2 Å². The number of amides is 1. The second-order valence-electron chi connectivity index (χ2n) is 6.69. The smallest absolute Gasteiger partial charge is 0.255 e. The van der Waals surface area contributed by atoms with Gasteiger partial charge in [0, 0.05) is 6.20 Å². The lowest BCUT2D eigenvalue weighted by molar-refractivity contribution is 0.0947. The molecule has 0 saturated carbocycles. The highest BCUT2D eigenvalue weighted by molar-refractivity contribution is 6.05. The van der Waals surface area contributed by atoms with Crippen LogP contribution in [0.4, 0.5) is 8.78 Å². The normalized spacial score (nSPS) is 11.2. The van der Waals surface area contributed by atoms with Crippen LogP contribution in [0.2, 0.25) is 0 Å². The van der Waals surface area contributed by atoms with Gasteiger partial charge in [0.25, 0.3) is 5.91 Å². The van der Waals surface area contributed by atoms with E-state index < -0.39 is 11.6 Å². The number of hydrogen-bond donors (Lipinski definition) is 2. The largest absolute Gasteiger partial charge is 0.495 e. The van der Waals surface area contributed by atoms with E-state index in [0.29, 0.717) is 33.5 Å². The summed E-state index contributed by atoms with van der Waals surface area (Å²) in [6, 6.07) is 12.5. The predicted molar refractivity (Wildman–Crippen MR) is 113 cm³/mol. The van der Waals surface area contributed by atoms with Gasteiger partial charge >= 0.3 is 0 Å². The molecule has 2 aromatic heterocycles. The number of carbonyl (C=O) groups excluding carboxylic acids is 1. The molecule has 0 aliphatic carbocycles. The van der Waals surface area contributed by atoms with Crippen molar-refractivity contribution >= 4 is 29.0 Å². The molecular formula is C23H18F2N4O2. The Hall–Kier alpha value is -4.07. The van der Waals surface area contributed by atoms with Crippen molar-refractivity contribution in [2.24, 2.45) is 0 Å². The number of benzene rings is 2. The van der Waals surface area contributed by atoms with Gasteiger partial charge in [-0.2, -0.15) is 5.10 Å². The van der Waals surface area contributed by atoms with Crippen LogP contribution < -0.4 is 10.1 Å². The number of aromatic nitrogens is 3. The third-order valence-electron chi connectivity index (χ3n) is 4.69. The molecule has 0 atom stereocenters. The van der Waals surface area contributed by atoms with E-state index in [-0.39, 0.29) is 12.5 Å². The summed E-state index contributed by atoms with van der Waals surface area (Å²) in [5.74, 6) is -1.81. The van der Waals surface area contributed by atoms with Crippen LogP contribution in [0.25, 0.3) is 23.1 Å². The number of carbonyl (C=O) groups is 1. The highest BCUT2D eigenvalue weighted by Gasteiger charge is 2.19. The molecule has 0 radical (unpaired) electrons. The van der Waals surface area contributed by atoms with Gasteiger partial charge in [0.1, 0.15) is 5.75 Å². The van der Waals surface area contributed by atoms with Crippen molar-refractivity contribution in [3.63, 3.8) is 0 Å². The van der Waals surface area contributed by atoms with Gasteiger partial charge < -0.3 is 10.1 Å². The fourth-order valence-electron chi connectivity index (χ4n) is 3.18. The van der Waals surface area contributed by atoms with Gasteiger partial charge in [-0.05, 0) is 48.0 Å². The van der Waals surface area contributed by atoms with Gasteiger partial charge in [0.05, 0.1) is 41.5 Å². The third kappa shape index (κ3) is 4.28. The fourth-order valence-corrected chi connectivity index (χ4v) is 3.18. The fraction of sp³-hybridized carbons (Fsp3) is 0.0870. The summed E-state index contributed by atoms with van der Waals surface area (Å²) in [6.45, 7) is 0.273. The minimum absolute atomic E-state index is 0.273. The summed E-state index contributed by atoms with van der Waals surface area (Å²) in [5.41, 5.74) is 2.71. The molecule has 4 rings (SSSR count). The minimum atomic E-state index is -0.932. The second kappa shape index (κ2) is 8.74. The zero-order valence-corrected chi connectivity index (χ0v) is 16.5. The number of nitrogens with zero attached hydrogens (tertiary/aromatic N) is 2. The first kappa shape index (κ1) is 20.2. The van der Waals surface area contributed by atoms with Crippen LogP contribution in [0, 0.1) is 11.6 Å². The molecule has 0 unspecified atom stereocenters. The number of halogens is 2. The van der Waals surface area contributed by atoms with E-state index in [0.717, 1.165) is 17.8 Å². The Morgan fingerprint density at radius 2 is 2.00 bits per heavy atom. The Labute approximate surface area is 176 Å². The van der Waals surface area contributed by atoms with E-state index in [4.69, 9.17) is 4.74 Å². The molecule has 156 valence electrons. The maximum absolute atomic E-state index is 13.5. The van der Waals surface area contributed by atoms with E-state index in [1.54, 1.807) is 36.5 Å². The Balaban J connectivity index is 1.65. The molecule has 1 amide bonds. The van der Waals surface area contributed by atoms with Crippen LogP contribution in [0.1, 0.15) is 27.3 Å². The van der Waals surface area contributed by atoms with E-state index >= 15 is 0 Å². The summed E-state index contributed by atoms with van der Waals surface area (Å²) >= 11 is 0. The van der Waals surface area contributed by atoms with Gasteiger partial charge in [-0.25, -0.2) is 8.78 Å². The van der Waals surface area contributed by atoms with Gasteiger partial charge in [-0.3, -0.25) is 14.9 Å². The third-order valence-corrected chi connectivity index (χ3v) is 4.69. The Morgan fingerprint density at radius 1 is 1.13 bits per heavy atom. The van der Waals surface area contributed by atoms with Gasteiger partial charge in [0.15, 0.2) is 11.6 Å². The van der Waals surface area contributed by atoms with Crippen molar-refractivity contribution in [3.8, 4) is 5.75 Å². The number of ether oxygens (including phenoxy) is 1. The number of pyridine rings is 1. The number of rotatable bonds is 6. The molecule has 0 fully saturated rings. The predicted octanol–water partition coefficient (Wildman–Crippen LogP) is 4.35. The number of aromatic amines is 1. The molecular weight excluding hydrogens is 402 g/mol. The van der Waals surface area contributed by atoms with Crippen LogP contribution in [0.3, 0.4) is 0 Å². The maximum atomic E-state index is 13.5.